The van der Waals surface area contributed by atoms with Gasteiger partial charge in [-0.2, -0.15) is 9.90 Å². The van der Waals surface area contributed by atoms with Gasteiger partial charge in [-0.15, -0.1) is 5.10 Å². The van der Waals surface area contributed by atoms with Crippen LogP contribution in [0.4, 0.5) is 5.69 Å². The average molecular weight is 420 g/mol. The van der Waals surface area contributed by atoms with E-state index in [1.54, 1.807) is 11.9 Å². The molecule has 1 saturated heterocycles. The molecule has 31 heavy (non-hydrogen) atoms. The summed E-state index contributed by atoms with van der Waals surface area (Å²) in [6.07, 6.45) is 0.905. The van der Waals surface area contributed by atoms with E-state index < -0.39 is 0 Å². The van der Waals surface area contributed by atoms with Crippen LogP contribution in [0, 0.1) is 20.8 Å². The van der Waals surface area contributed by atoms with Crippen LogP contribution in [0.2, 0.25) is 0 Å². The van der Waals surface area contributed by atoms with E-state index in [0.29, 0.717) is 24.5 Å². The zero-order valence-electron chi connectivity index (χ0n) is 18.6. The second-order valence-electron chi connectivity index (χ2n) is 8.04. The lowest BCUT2D eigenvalue weighted by Gasteiger charge is -2.23. The Morgan fingerprint density at radius 2 is 1.71 bits per heavy atom. The highest BCUT2D eigenvalue weighted by molar-refractivity contribution is 5.93. The Morgan fingerprint density at radius 3 is 2.42 bits per heavy atom. The molecule has 1 aliphatic rings. The maximum atomic E-state index is 13.3. The van der Waals surface area contributed by atoms with Gasteiger partial charge in [0.25, 0.3) is 5.91 Å². The smallest absolute Gasteiger partial charge is 0.276 e. The Hall–Kier alpha value is -3.35. The fourth-order valence-corrected chi connectivity index (χ4v) is 4.04. The minimum atomic E-state index is -0.0508. The van der Waals surface area contributed by atoms with Gasteiger partial charge in [0, 0.05) is 31.9 Å². The van der Waals surface area contributed by atoms with Crippen LogP contribution < -0.4 is 9.64 Å². The third-order valence-corrected chi connectivity index (χ3v) is 5.77. The molecule has 7 nitrogen and oxygen atoms in total. The predicted octanol–water partition coefficient (Wildman–Crippen LogP) is 3.55. The molecule has 0 radical (unpaired) electrons. The molecule has 2 heterocycles. The maximum absolute atomic E-state index is 13.3. The van der Waals surface area contributed by atoms with E-state index in [4.69, 9.17) is 4.74 Å². The summed E-state index contributed by atoms with van der Waals surface area (Å²) in [6, 6.07) is 14.2. The van der Waals surface area contributed by atoms with Crippen molar-refractivity contribution in [3.63, 3.8) is 0 Å². The van der Waals surface area contributed by atoms with Crippen molar-refractivity contribution in [3.8, 4) is 11.4 Å². The number of aromatic nitrogens is 3. The summed E-state index contributed by atoms with van der Waals surface area (Å²) >= 11 is 0. The van der Waals surface area contributed by atoms with Crippen LogP contribution in [0.15, 0.2) is 42.5 Å². The van der Waals surface area contributed by atoms with Crippen LogP contribution in [0.25, 0.3) is 5.69 Å². The summed E-state index contributed by atoms with van der Waals surface area (Å²) in [5, 5.41) is 9.08. The molecular formula is C24H29N5O2. The molecule has 7 heteroatoms. The van der Waals surface area contributed by atoms with E-state index in [0.717, 1.165) is 42.2 Å². The molecule has 0 unspecified atom stereocenters. The molecular weight excluding hydrogens is 390 g/mol. The average Bonchev–Trinajstić information content (AvgIpc) is 2.98. The second-order valence-corrected chi connectivity index (χ2v) is 8.04. The first-order valence-electron chi connectivity index (χ1n) is 10.7. The van der Waals surface area contributed by atoms with Gasteiger partial charge >= 0.3 is 0 Å². The zero-order chi connectivity index (χ0) is 22.0. The molecule has 1 amide bonds. The van der Waals surface area contributed by atoms with Crippen LogP contribution in [-0.4, -0.2) is 59.1 Å². The molecule has 3 aromatic rings. The maximum Gasteiger partial charge on any atom is 0.276 e. The van der Waals surface area contributed by atoms with E-state index in [9.17, 15) is 4.79 Å². The van der Waals surface area contributed by atoms with Gasteiger partial charge in [0.1, 0.15) is 5.75 Å². The molecule has 0 N–H and O–H groups in total. The lowest BCUT2D eigenvalue weighted by Crippen LogP contribution is -2.35. The van der Waals surface area contributed by atoms with Gasteiger partial charge in [-0.25, -0.2) is 0 Å². The topological polar surface area (TPSA) is 63.5 Å². The number of ether oxygens (including phenoxy) is 1. The first-order valence-corrected chi connectivity index (χ1v) is 10.7. The van der Waals surface area contributed by atoms with Crippen molar-refractivity contribution in [2.45, 2.75) is 27.2 Å². The standard InChI is InChI=1S/C24H29N5O2/c1-17-6-11-22(18(2)16-17)29-25-19(3)23(26-29)24(30)28-13-5-12-27(14-15-28)20-7-9-21(31-4)10-8-20/h6-11,16H,5,12-15H2,1-4H3. The summed E-state index contributed by atoms with van der Waals surface area (Å²) in [7, 11) is 1.67. The third-order valence-electron chi connectivity index (χ3n) is 5.77. The van der Waals surface area contributed by atoms with Crippen molar-refractivity contribution in [1.82, 2.24) is 19.9 Å². The van der Waals surface area contributed by atoms with Gasteiger partial charge < -0.3 is 14.5 Å². The van der Waals surface area contributed by atoms with Crippen LogP contribution in [0.1, 0.15) is 33.7 Å². The summed E-state index contributed by atoms with van der Waals surface area (Å²) in [5.74, 6) is 0.794. The molecule has 1 fully saturated rings. The number of methoxy groups -OCH3 is 1. The highest BCUT2D eigenvalue weighted by Crippen LogP contribution is 2.21. The highest BCUT2D eigenvalue weighted by Gasteiger charge is 2.25. The van der Waals surface area contributed by atoms with Crippen LogP contribution >= 0.6 is 0 Å². The van der Waals surface area contributed by atoms with Crippen molar-refractivity contribution in [1.29, 1.82) is 0 Å². The normalized spacial score (nSPS) is 14.5. The summed E-state index contributed by atoms with van der Waals surface area (Å²) in [6.45, 7) is 8.99. The Labute approximate surface area is 183 Å². The number of aryl methyl sites for hydroxylation is 3. The first-order chi connectivity index (χ1) is 15.0. The molecule has 1 aliphatic heterocycles. The van der Waals surface area contributed by atoms with Gasteiger partial charge in [-0.05, 0) is 63.1 Å². The summed E-state index contributed by atoms with van der Waals surface area (Å²) in [5.41, 5.74) is 5.40. The SMILES string of the molecule is COc1ccc(N2CCCN(C(=O)c3nn(-c4ccc(C)cc4C)nc3C)CC2)cc1. The van der Waals surface area contributed by atoms with Gasteiger partial charge in [0.15, 0.2) is 5.69 Å². The Balaban J connectivity index is 1.49. The summed E-state index contributed by atoms with van der Waals surface area (Å²) in [4.78, 5) is 19.0. The van der Waals surface area contributed by atoms with E-state index in [1.165, 1.54) is 5.56 Å². The van der Waals surface area contributed by atoms with Gasteiger partial charge in [0.2, 0.25) is 0 Å². The van der Waals surface area contributed by atoms with E-state index in [2.05, 4.69) is 40.2 Å². The van der Waals surface area contributed by atoms with E-state index in [1.807, 2.05) is 43.0 Å². The Bertz CT molecular complexity index is 1070. The van der Waals surface area contributed by atoms with Gasteiger partial charge in [0.05, 0.1) is 18.5 Å². The number of carbonyl (C=O) groups excluding carboxylic acids is 1. The predicted molar refractivity (Wildman–Crippen MR) is 121 cm³/mol. The molecule has 0 atom stereocenters. The van der Waals surface area contributed by atoms with Crippen LogP contribution in [0.5, 0.6) is 5.75 Å². The molecule has 0 saturated carbocycles. The lowest BCUT2D eigenvalue weighted by atomic mass is 10.1. The minimum absolute atomic E-state index is 0.0508. The molecule has 0 spiro atoms. The fourth-order valence-electron chi connectivity index (χ4n) is 4.04. The quantitative estimate of drug-likeness (QED) is 0.647. The Kier molecular flexibility index (Phi) is 5.93. The van der Waals surface area contributed by atoms with Crippen molar-refractivity contribution >= 4 is 11.6 Å². The molecule has 1 aromatic heterocycles. The minimum Gasteiger partial charge on any atom is -0.497 e. The van der Waals surface area contributed by atoms with Crippen molar-refractivity contribution in [3.05, 3.63) is 65.0 Å². The number of rotatable bonds is 4. The van der Waals surface area contributed by atoms with Crippen molar-refractivity contribution in [2.75, 3.05) is 38.2 Å². The lowest BCUT2D eigenvalue weighted by molar-refractivity contribution is 0.0760. The number of hydrogen-bond donors (Lipinski definition) is 0. The molecule has 162 valence electrons. The molecule has 0 aliphatic carbocycles. The summed E-state index contributed by atoms with van der Waals surface area (Å²) < 4.78 is 5.25. The van der Waals surface area contributed by atoms with Crippen LogP contribution in [0.3, 0.4) is 0 Å². The highest BCUT2D eigenvalue weighted by atomic mass is 16.5. The molecule has 4 rings (SSSR count). The van der Waals surface area contributed by atoms with Crippen molar-refractivity contribution in [2.24, 2.45) is 0 Å². The third kappa shape index (κ3) is 4.40. The number of benzene rings is 2. The number of carbonyl (C=O) groups is 1. The van der Waals surface area contributed by atoms with Gasteiger partial charge in [-0.1, -0.05) is 17.7 Å². The molecule has 2 aromatic carbocycles. The molecule has 0 bridgehead atoms. The Morgan fingerprint density at radius 1 is 0.935 bits per heavy atom. The van der Waals surface area contributed by atoms with Crippen molar-refractivity contribution < 1.29 is 9.53 Å². The number of hydrogen-bond acceptors (Lipinski definition) is 5. The van der Waals surface area contributed by atoms with Gasteiger partial charge in [-0.3, -0.25) is 4.79 Å². The van der Waals surface area contributed by atoms with E-state index >= 15 is 0 Å². The first kappa shape index (κ1) is 20.9. The number of amides is 1. The number of anilines is 1. The zero-order valence-corrected chi connectivity index (χ0v) is 18.6. The fraction of sp³-hybridized carbons (Fsp3) is 0.375. The second kappa shape index (κ2) is 8.79. The largest absolute Gasteiger partial charge is 0.497 e. The van der Waals surface area contributed by atoms with E-state index in [-0.39, 0.29) is 5.91 Å². The van der Waals surface area contributed by atoms with Crippen LogP contribution in [-0.2, 0) is 0 Å². The monoisotopic (exact) mass is 419 g/mol. The number of nitrogens with zero attached hydrogens (tertiary/aromatic N) is 5.